The van der Waals surface area contributed by atoms with E-state index in [-0.39, 0.29) is 23.6 Å². The second-order valence-corrected chi connectivity index (χ2v) is 6.76. The largest absolute Gasteiger partial charge is 0.477 e. The highest BCUT2D eigenvalue weighted by Crippen LogP contribution is 2.43. The predicted molar refractivity (Wildman–Crippen MR) is 75.3 cm³/mol. The van der Waals surface area contributed by atoms with Crippen LogP contribution < -0.4 is 11.3 Å². The SMILES string of the molecule is CC(O)C1C(=O)N2C(C(=O)O)=C(CS(=O)CC(=O)NN)CC12. The number of fused-ring (bicyclic) bond motifs is 1. The number of carboxylic acid groups (broad SMARTS) is 1. The molecular weight excluding hydrogens is 314 g/mol. The lowest BCUT2D eigenvalue weighted by Crippen LogP contribution is -2.61. The molecule has 0 aliphatic carbocycles. The molecule has 1 fully saturated rings. The zero-order chi connectivity index (χ0) is 16.6. The van der Waals surface area contributed by atoms with Crippen LogP contribution in [-0.2, 0) is 25.2 Å². The van der Waals surface area contributed by atoms with Crippen molar-refractivity contribution in [3.8, 4) is 0 Å². The number of aliphatic carboxylic acids is 1. The smallest absolute Gasteiger partial charge is 0.352 e. The average Bonchev–Trinajstić information content (AvgIpc) is 2.72. The maximum absolute atomic E-state index is 12.0. The van der Waals surface area contributed by atoms with Gasteiger partial charge in [0.05, 0.1) is 18.1 Å². The van der Waals surface area contributed by atoms with Crippen LogP contribution in [0, 0.1) is 5.92 Å². The Hall–Kier alpha value is -1.78. The number of nitrogens with one attached hydrogen (secondary N) is 1. The van der Waals surface area contributed by atoms with Crippen LogP contribution in [0.25, 0.3) is 0 Å². The number of aliphatic hydroxyl groups excluding tert-OH is 1. The van der Waals surface area contributed by atoms with E-state index in [4.69, 9.17) is 5.84 Å². The lowest BCUT2D eigenvalue weighted by Gasteiger charge is -2.44. The van der Waals surface area contributed by atoms with Crippen molar-refractivity contribution < 1.29 is 28.8 Å². The minimum Gasteiger partial charge on any atom is -0.477 e. The Labute approximate surface area is 128 Å². The number of β-lactam (4-membered cyclic amide) rings is 1. The lowest BCUT2D eigenvalue weighted by molar-refractivity contribution is -0.161. The van der Waals surface area contributed by atoms with Crippen molar-refractivity contribution in [1.29, 1.82) is 0 Å². The van der Waals surface area contributed by atoms with Crippen LogP contribution in [0.5, 0.6) is 0 Å². The van der Waals surface area contributed by atoms with E-state index in [1.807, 2.05) is 5.43 Å². The quantitative estimate of drug-likeness (QED) is 0.184. The van der Waals surface area contributed by atoms with Crippen LogP contribution in [0.3, 0.4) is 0 Å². The highest BCUT2D eigenvalue weighted by molar-refractivity contribution is 7.85. The monoisotopic (exact) mass is 331 g/mol. The van der Waals surface area contributed by atoms with Crippen molar-refractivity contribution in [3.63, 3.8) is 0 Å². The van der Waals surface area contributed by atoms with Crippen LogP contribution in [0.1, 0.15) is 13.3 Å². The van der Waals surface area contributed by atoms with E-state index in [2.05, 4.69) is 0 Å². The first kappa shape index (κ1) is 16.6. The summed E-state index contributed by atoms with van der Waals surface area (Å²) in [7, 11) is -1.63. The average molecular weight is 331 g/mol. The molecule has 2 heterocycles. The first-order valence-electron chi connectivity index (χ1n) is 6.58. The van der Waals surface area contributed by atoms with Crippen molar-refractivity contribution in [2.75, 3.05) is 11.5 Å². The number of nitrogens with zero attached hydrogens (tertiary/aromatic N) is 1. The van der Waals surface area contributed by atoms with Gasteiger partial charge in [0, 0.05) is 16.6 Å². The van der Waals surface area contributed by atoms with Gasteiger partial charge in [-0.2, -0.15) is 0 Å². The number of aliphatic hydroxyl groups is 1. The number of amides is 2. The third-order valence-corrected chi connectivity index (χ3v) is 5.07. The predicted octanol–water partition coefficient (Wildman–Crippen LogP) is -2.32. The number of nitrogens with two attached hydrogens (primary N) is 1. The van der Waals surface area contributed by atoms with Crippen LogP contribution in [-0.4, -0.2) is 60.8 Å². The van der Waals surface area contributed by atoms with Crippen molar-refractivity contribution >= 4 is 28.6 Å². The van der Waals surface area contributed by atoms with Crippen molar-refractivity contribution in [3.05, 3.63) is 11.3 Å². The molecule has 0 bridgehead atoms. The number of hydrogen-bond donors (Lipinski definition) is 4. The van der Waals surface area contributed by atoms with Gasteiger partial charge in [-0.25, -0.2) is 10.6 Å². The molecule has 1 saturated heterocycles. The summed E-state index contributed by atoms with van der Waals surface area (Å²) in [6.07, 6.45) is -0.643. The normalized spacial score (nSPS) is 26.3. The standard InChI is InChI=1S/C12H17N3O6S/c1-5(16)9-7-2-6(3-22(21)4-8(17)14-13)10(12(19)20)15(7)11(9)18/h5,7,9,16H,2-4,13H2,1H3,(H,14,17)(H,19,20). The molecule has 0 saturated carbocycles. The van der Waals surface area contributed by atoms with E-state index in [9.17, 15) is 28.8 Å². The molecule has 0 aromatic carbocycles. The van der Waals surface area contributed by atoms with E-state index in [1.165, 1.54) is 6.92 Å². The zero-order valence-corrected chi connectivity index (χ0v) is 12.6. The van der Waals surface area contributed by atoms with Gasteiger partial charge in [-0.05, 0) is 18.9 Å². The van der Waals surface area contributed by atoms with Gasteiger partial charge in [-0.15, -0.1) is 0 Å². The molecule has 122 valence electrons. The van der Waals surface area contributed by atoms with Crippen molar-refractivity contribution in [2.24, 2.45) is 11.8 Å². The fourth-order valence-corrected chi connectivity index (χ4v) is 4.04. The second kappa shape index (κ2) is 6.15. The molecule has 4 atom stereocenters. The molecule has 2 rings (SSSR count). The Balaban J connectivity index is 2.17. The third-order valence-electron chi connectivity index (χ3n) is 3.81. The van der Waals surface area contributed by atoms with E-state index in [0.717, 1.165) is 4.90 Å². The summed E-state index contributed by atoms with van der Waals surface area (Å²) in [6.45, 7) is 1.47. The molecule has 22 heavy (non-hydrogen) atoms. The number of hydrogen-bond acceptors (Lipinski definition) is 6. The van der Waals surface area contributed by atoms with Gasteiger partial charge in [0.25, 0.3) is 0 Å². The van der Waals surface area contributed by atoms with Crippen LogP contribution in [0.2, 0.25) is 0 Å². The van der Waals surface area contributed by atoms with E-state index in [0.29, 0.717) is 5.57 Å². The van der Waals surface area contributed by atoms with Crippen LogP contribution in [0.4, 0.5) is 0 Å². The molecule has 0 aromatic heterocycles. The second-order valence-electron chi connectivity index (χ2n) is 5.30. The molecule has 2 aliphatic rings. The first-order valence-corrected chi connectivity index (χ1v) is 8.07. The van der Waals surface area contributed by atoms with Crippen molar-refractivity contribution in [2.45, 2.75) is 25.5 Å². The van der Waals surface area contributed by atoms with E-state index in [1.54, 1.807) is 0 Å². The molecule has 0 aromatic rings. The molecule has 10 heteroatoms. The first-order chi connectivity index (χ1) is 10.3. The molecular formula is C12H17N3O6S. The summed E-state index contributed by atoms with van der Waals surface area (Å²) >= 11 is 0. The molecule has 0 spiro atoms. The third kappa shape index (κ3) is 2.76. The van der Waals surface area contributed by atoms with Gasteiger partial charge in [0.15, 0.2) is 0 Å². The molecule has 5 N–H and O–H groups in total. The number of hydrazine groups is 1. The summed E-state index contributed by atoms with van der Waals surface area (Å²) < 4.78 is 11.9. The summed E-state index contributed by atoms with van der Waals surface area (Å²) in [6, 6.07) is -0.422. The minimum absolute atomic E-state index is 0.123. The lowest BCUT2D eigenvalue weighted by atomic mass is 9.83. The summed E-state index contributed by atoms with van der Waals surface area (Å²) in [5, 5.41) is 18.9. The Bertz CT molecular complexity index is 587. The van der Waals surface area contributed by atoms with E-state index < -0.39 is 46.6 Å². The summed E-state index contributed by atoms with van der Waals surface area (Å²) in [5.74, 6) is 1.45. The Morgan fingerprint density at radius 1 is 1.55 bits per heavy atom. The molecule has 9 nitrogen and oxygen atoms in total. The Morgan fingerprint density at radius 2 is 2.18 bits per heavy atom. The summed E-state index contributed by atoms with van der Waals surface area (Å²) in [5.41, 5.74) is 2.01. The van der Waals surface area contributed by atoms with Gasteiger partial charge in [0.2, 0.25) is 11.8 Å². The topological polar surface area (TPSA) is 150 Å². The molecule has 0 radical (unpaired) electrons. The maximum atomic E-state index is 12.0. The number of carboxylic acids is 1. The zero-order valence-electron chi connectivity index (χ0n) is 11.8. The highest BCUT2D eigenvalue weighted by Gasteiger charge is 2.56. The fraction of sp³-hybridized carbons (Fsp3) is 0.583. The molecule has 2 aliphatic heterocycles. The van der Waals surface area contributed by atoms with Gasteiger partial charge < -0.3 is 15.1 Å². The maximum Gasteiger partial charge on any atom is 0.352 e. The number of carbonyl (C=O) groups is 3. The minimum atomic E-state index is -1.63. The van der Waals surface area contributed by atoms with E-state index >= 15 is 0 Å². The number of rotatable bonds is 6. The highest BCUT2D eigenvalue weighted by atomic mass is 32.2. The fourth-order valence-electron chi connectivity index (χ4n) is 2.92. The van der Waals surface area contributed by atoms with Gasteiger partial charge in [0.1, 0.15) is 11.4 Å². The Morgan fingerprint density at radius 3 is 2.68 bits per heavy atom. The van der Waals surface area contributed by atoms with Gasteiger partial charge in [-0.3, -0.25) is 19.2 Å². The number of carbonyl (C=O) groups excluding carboxylic acids is 2. The van der Waals surface area contributed by atoms with Crippen molar-refractivity contribution in [1.82, 2.24) is 10.3 Å². The summed E-state index contributed by atoms with van der Waals surface area (Å²) in [4.78, 5) is 35.6. The van der Waals surface area contributed by atoms with Crippen LogP contribution >= 0.6 is 0 Å². The van der Waals surface area contributed by atoms with Gasteiger partial charge in [-0.1, -0.05) is 0 Å². The molecule has 2 amide bonds. The van der Waals surface area contributed by atoms with Crippen LogP contribution in [0.15, 0.2) is 11.3 Å². The Kier molecular flexibility index (Phi) is 4.63. The van der Waals surface area contributed by atoms with Gasteiger partial charge >= 0.3 is 5.97 Å². The molecule has 4 unspecified atom stereocenters.